The van der Waals surface area contributed by atoms with Crippen molar-refractivity contribution in [2.75, 3.05) is 7.11 Å². The highest BCUT2D eigenvalue weighted by Crippen LogP contribution is 2.27. The number of H-pyrrole nitrogens is 1. The number of nitro benzene ring substituents is 1. The maximum absolute atomic E-state index is 12.5. The fourth-order valence-corrected chi connectivity index (χ4v) is 3.32. The highest BCUT2D eigenvalue weighted by atomic mass is 16.6. The van der Waals surface area contributed by atoms with Gasteiger partial charge in [-0.05, 0) is 17.7 Å². The van der Waals surface area contributed by atoms with Gasteiger partial charge in [-0.15, -0.1) is 0 Å². The van der Waals surface area contributed by atoms with Crippen molar-refractivity contribution in [3.8, 4) is 0 Å². The SMILES string of the molecule is COC(=O)C(Cc1c[nH]c2ccccc12)n1cnc2cc([N+](=O)[O-])ccc21. The van der Waals surface area contributed by atoms with E-state index in [1.54, 1.807) is 10.6 Å². The number of nitro groups is 1. The zero-order valence-electron chi connectivity index (χ0n) is 14.5. The van der Waals surface area contributed by atoms with Crippen LogP contribution in [0, 0.1) is 10.1 Å². The summed E-state index contributed by atoms with van der Waals surface area (Å²) in [5.41, 5.74) is 3.01. The summed E-state index contributed by atoms with van der Waals surface area (Å²) >= 11 is 0. The highest BCUT2D eigenvalue weighted by Gasteiger charge is 2.25. The number of non-ortho nitro benzene ring substituents is 1. The number of benzene rings is 2. The first-order chi connectivity index (χ1) is 13.1. The Bertz CT molecular complexity index is 1160. The minimum atomic E-state index is -0.638. The Morgan fingerprint density at radius 1 is 1.33 bits per heavy atom. The molecule has 0 amide bonds. The number of esters is 1. The number of carbonyl (C=O) groups is 1. The Hall–Kier alpha value is -3.68. The number of aromatic nitrogens is 3. The second kappa shape index (κ2) is 6.56. The molecule has 2 heterocycles. The van der Waals surface area contributed by atoms with Crippen molar-refractivity contribution in [2.45, 2.75) is 12.5 Å². The number of methoxy groups -OCH3 is 1. The molecule has 1 atom stereocenters. The van der Waals surface area contributed by atoms with E-state index in [1.165, 1.54) is 25.6 Å². The first kappa shape index (κ1) is 16.8. The van der Waals surface area contributed by atoms with E-state index in [2.05, 4.69) is 9.97 Å². The number of hydrogen-bond donors (Lipinski definition) is 1. The van der Waals surface area contributed by atoms with Crippen LogP contribution in [0.4, 0.5) is 5.69 Å². The Morgan fingerprint density at radius 2 is 2.15 bits per heavy atom. The number of imidazole rings is 1. The van der Waals surface area contributed by atoms with Crippen molar-refractivity contribution >= 4 is 33.6 Å². The average molecular weight is 364 g/mol. The lowest BCUT2D eigenvalue weighted by Gasteiger charge is -2.17. The molecule has 2 aromatic carbocycles. The molecule has 1 unspecified atom stereocenters. The predicted octanol–water partition coefficient (Wildman–Crippen LogP) is 3.38. The van der Waals surface area contributed by atoms with E-state index in [9.17, 15) is 14.9 Å². The zero-order chi connectivity index (χ0) is 19.0. The maximum atomic E-state index is 12.5. The molecule has 8 heteroatoms. The number of rotatable bonds is 5. The lowest BCUT2D eigenvalue weighted by Crippen LogP contribution is -2.22. The summed E-state index contributed by atoms with van der Waals surface area (Å²) in [4.78, 5) is 30.4. The third-order valence-corrected chi connectivity index (χ3v) is 4.67. The van der Waals surface area contributed by atoms with Crippen molar-refractivity contribution in [2.24, 2.45) is 0 Å². The van der Waals surface area contributed by atoms with Gasteiger partial charge in [-0.3, -0.25) is 10.1 Å². The van der Waals surface area contributed by atoms with E-state index >= 15 is 0 Å². The largest absolute Gasteiger partial charge is 0.467 e. The van der Waals surface area contributed by atoms with Crippen LogP contribution in [0.1, 0.15) is 11.6 Å². The van der Waals surface area contributed by atoms with Crippen LogP contribution in [0.5, 0.6) is 0 Å². The van der Waals surface area contributed by atoms with Gasteiger partial charge in [0.15, 0.2) is 0 Å². The Kier molecular flexibility index (Phi) is 4.08. The van der Waals surface area contributed by atoms with Gasteiger partial charge in [0.25, 0.3) is 5.69 Å². The number of fused-ring (bicyclic) bond motifs is 2. The number of ether oxygens (including phenoxy) is 1. The fourth-order valence-electron chi connectivity index (χ4n) is 3.32. The van der Waals surface area contributed by atoms with Gasteiger partial charge >= 0.3 is 5.97 Å². The van der Waals surface area contributed by atoms with E-state index in [0.717, 1.165) is 16.5 Å². The molecular weight excluding hydrogens is 348 g/mol. The zero-order valence-corrected chi connectivity index (χ0v) is 14.5. The second-order valence-electron chi connectivity index (χ2n) is 6.18. The summed E-state index contributed by atoms with van der Waals surface area (Å²) in [5.74, 6) is -0.405. The molecule has 1 N–H and O–H groups in total. The summed E-state index contributed by atoms with van der Waals surface area (Å²) in [6.07, 6.45) is 3.80. The van der Waals surface area contributed by atoms with Crippen LogP contribution in [0.15, 0.2) is 55.0 Å². The normalized spacial score (nSPS) is 12.3. The van der Waals surface area contributed by atoms with Crippen LogP contribution in [-0.4, -0.2) is 32.5 Å². The molecule has 0 saturated heterocycles. The predicted molar refractivity (Wildman–Crippen MR) is 99.4 cm³/mol. The van der Waals surface area contributed by atoms with Crippen LogP contribution < -0.4 is 0 Å². The highest BCUT2D eigenvalue weighted by molar-refractivity contribution is 5.85. The number of nitrogens with zero attached hydrogens (tertiary/aromatic N) is 3. The van der Waals surface area contributed by atoms with Crippen LogP contribution in [0.2, 0.25) is 0 Å². The molecule has 0 spiro atoms. The van der Waals surface area contributed by atoms with Gasteiger partial charge in [-0.25, -0.2) is 9.78 Å². The topological polar surface area (TPSA) is 103 Å². The summed E-state index contributed by atoms with van der Waals surface area (Å²) in [7, 11) is 1.34. The quantitative estimate of drug-likeness (QED) is 0.332. The minimum absolute atomic E-state index is 0.0426. The molecule has 8 nitrogen and oxygen atoms in total. The summed E-state index contributed by atoms with van der Waals surface area (Å²) in [6.45, 7) is 0. The standard InChI is InChI=1S/C19H16N4O4/c1-27-19(24)18(8-12-10-20-15-5-3-2-4-14(12)15)22-11-21-16-9-13(23(25)26)6-7-17(16)22/h2-7,9-11,18,20H,8H2,1H3. The van der Waals surface area contributed by atoms with E-state index in [0.29, 0.717) is 17.5 Å². The van der Waals surface area contributed by atoms with E-state index in [1.807, 2.05) is 30.5 Å². The van der Waals surface area contributed by atoms with Gasteiger partial charge in [-0.1, -0.05) is 18.2 Å². The smallest absolute Gasteiger partial charge is 0.329 e. The lowest BCUT2D eigenvalue weighted by atomic mass is 10.0. The number of carbonyl (C=O) groups excluding carboxylic acids is 1. The molecule has 0 aliphatic heterocycles. The second-order valence-corrected chi connectivity index (χ2v) is 6.18. The van der Waals surface area contributed by atoms with Gasteiger partial charge in [-0.2, -0.15) is 0 Å². The van der Waals surface area contributed by atoms with Gasteiger partial charge in [0.05, 0.1) is 29.4 Å². The average Bonchev–Trinajstić information content (AvgIpc) is 3.29. The molecule has 27 heavy (non-hydrogen) atoms. The van der Waals surface area contributed by atoms with Crippen molar-refractivity contribution in [1.82, 2.24) is 14.5 Å². The van der Waals surface area contributed by atoms with Crippen molar-refractivity contribution < 1.29 is 14.5 Å². The number of para-hydroxylation sites is 1. The van der Waals surface area contributed by atoms with Crippen LogP contribution >= 0.6 is 0 Å². The van der Waals surface area contributed by atoms with Gasteiger partial charge in [0, 0.05) is 35.7 Å². The van der Waals surface area contributed by atoms with E-state index < -0.39 is 16.9 Å². The Balaban J connectivity index is 1.78. The van der Waals surface area contributed by atoms with Crippen molar-refractivity contribution in [1.29, 1.82) is 0 Å². The third kappa shape index (κ3) is 2.91. The van der Waals surface area contributed by atoms with E-state index in [4.69, 9.17) is 4.74 Å². The van der Waals surface area contributed by atoms with Crippen molar-refractivity contribution in [3.63, 3.8) is 0 Å². The molecule has 0 radical (unpaired) electrons. The molecule has 0 bridgehead atoms. The Labute approximate surface area is 153 Å². The summed E-state index contributed by atoms with van der Waals surface area (Å²) < 4.78 is 6.70. The van der Waals surface area contributed by atoms with Crippen LogP contribution in [-0.2, 0) is 16.0 Å². The maximum Gasteiger partial charge on any atom is 0.329 e. The molecule has 0 fully saturated rings. The molecule has 4 aromatic rings. The fraction of sp³-hybridized carbons (Fsp3) is 0.158. The molecule has 0 saturated carbocycles. The molecule has 0 aliphatic rings. The first-order valence-electron chi connectivity index (χ1n) is 8.32. The van der Waals surface area contributed by atoms with Crippen molar-refractivity contribution in [3.05, 3.63) is 70.7 Å². The minimum Gasteiger partial charge on any atom is -0.467 e. The number of hydrogen-bond acceptors (Lipinski definition) is 5. The molecule has 136 valence electrons. The number of aromatic amines is 1. The molecule has 4 rings (SSSR count). The molecular formula is C19H16N4O4. The first-order valence-corrected chi connectivity index (χ1v) is 8.32. The van der Waals surface area contributed by atoms with Gasteiger partial charge in [0.1, 0.15) is 6.04 Å². The molecule has 2 aromatic heterocycles. The van der Waals surface area contributed by atoms with E-state index in [-0.39, 0.29) is 5.69 Å². The van der Waals surface area contributed by atoms with Crippen LogP contribution in [0.25, 0.3) is 21.9 Å². The van der Waals surface area contributed by atoms with Gasteiger partial charge < -0.3 is 14.3 Å². The third-order valence-electron chi connectivity index (χ3n) is 4.67. The lowest BCUT2D eigenvalue weighted by molar-refractivity contribution is -0.384. The summed E-state index contributed by atoms with van der Waals surface area (Å²) in [5, 5.41) is 12.0. The summed E-state index contributed by atoms with van der Waals surface area (Å²) in [6, 6.07) is 11.6. The number of nitrogens with one attached hydrogen (secondary N) is 1. The van der Waals surface area contributed by atoms with Gasteiger partial charge in [0.2, 0.25) is 0 Å². The monoisotopic (exact) mass is 364 g/mol. The van der Waals surface area contributed by atoms with Crippen LogP contribution in [0.3, 0.4) is 0 Å². The Morgan fingerprint density at radius 3 is 2.93 bits per heavy atom. The molecule has 0 aliphatic carbocycles.